The van der Waals surface area contributed by atoms with Crippen molar-refractivity contribution in [2.45, 2.75) is 38.3 Å². The lowest BCUT2D eigenvalue weighted by Gasteiger charge is -2.39. The fourth-order valence-corrected chi connectivity index (χ4v) is 3.69. The second-order valence-corrected chi connectivity index (χ2v) is 7.58. The number of nitrogens with zero attached hydrogens (tertiary/aromatic N) is 2. The maximum atomic E-state index is 11.0. The zero-order valence-corrected chi connectivity index (χ0v) is 16.6. The van der Waals surface area contributed by atoms with Crippen LogP contribution < -0.4 is 9.64 Å². The molecule has 27 heavy (non-hydrogen) atoms. The van der Waals surface area contributed by atoms with Crippen LogP contribution in [0.5, 0.6) is 5.75 Å². The van der Waals surface area contributed by atoms with Gasteiger partial charge in [-0.1, -0.05) is 30.3 Å². The predicted molar refractivity (Wildman–Crippen MR) is 111 cm³/mol. The second-order valence-electron chi connectivity index (χ2n) is 7.58. The number of likely N-dealkylation sites (tertiary alicyclic amines) is 1. The molecule has 0 aromatic heterocycles. The molecule has 0 radical (unpaired) electrons. The molecule has 4 heteroatoms. The Morgan fingerprint density at radius 3 is 2.33 bits per heavy atom. The predicted octanol–water partition coefficient (Wildman–Crippen LogP) is 3.94. The van der Waals surface area contributed by atoms with E-state index in [1.807, 2.05) is 19.1 Å². The SMILES string of the molecule is CCOc1ccc(N(C)CCC2(O)CCN(Cc3ccccc3)CC2)cc1. The molecule has 0 unspecified atom stereocenters. The minimum Gasteiger partial charge on any atom is -0.494 e. The number of rotatable bonds is 8. The van der Waals surface area contributed by atoms with Crippen LogP contribution in [0.15, 0.2) is 54.6 Å². The van der Waals surface area contributed by atoms with Crippen molar-refractivity contribution in [3.63, 3.8) is 0 Å². The van der Waals surface area contributed by atoms with Crippen LogP contribution in [0.2, 0.25) is 0 Å². The molecular weight excluding hydrogens is 336 g/mol. The van der Waals surface area contributed by atoms with Gasteiger partial charge in [0.25, 0.3) is 0 Å². The van der Waals surface area contributed by atoms with Gasteiger partial charge in [0.05, 0.1) is 12.2 Å². The number of aliphatic hydroxyl groups is 1. The third-order valence-corrected chi connectivity index (χ3v) is 5.54. The van der Waals surface area contributed by atoms with Gasteiger partial charge in [0.15, 0.2) is 0 Å². The lowest BCUT2D eigenvalue weighted by molar-refractivity contribution is -0.0275. The van der Waals surface area contributed by atoms with Gasteiger partial charge in [-0.3, -0.25) is 4.90 Å². The van der Waals surface area contributed by atoms with E-state index in [9.17, 15) is 5.11 Å². The molecule has 0 amide bonds. The van der Waals surface area contributed by atoms with Gasteiger partial charge in [-0.25, -0.2) is 0 Å². The molecule has 0 aliphatic carbocycles. The Morgan fingerprint density at radius 1 is 1.04 bits per heavy atom. The highest BCUT2D eigenvalue weighted by Crippen LogP contribution is 2.28. The first kappa shape index (κ1) is 19.7. The first-order valence-corrected chi connectivity index (χ1v) is 10.0. The van der Waals surface area contributed by atoms with Gasteiger partial charge < -0.3 is 14.7 Å². The number of anilines is 1. The highest BCUT2D eigenvalue weighted by atomic mass is 16.5. The normalized spacial score (nSPS) is 16.9. The van der Waals surface area contributed by atoms with Gasteiger partial charge >= 0.3 is 0 Å². The van der Waals surface area contributed by atoms with Crippen molar-refractivity contribution in [1.82, 2.24) is 4.90 Å². The van der Waals surface area contributed by atoms with Crippen LogP contribution in [0.25, 0.3) is 0 Å². The molecule has 0 spiro atoms. The molecule has 2 aromatic carbocycles. The molecule has 0 saturated carbocycles. The molecular formula is C23H32N2O2. The highest BCUT2D eigenvalue weighted by molar-refractivity contribution is 5.48. The van der Waals surface area contributed by atoms with E-state index >= 15 is 0 Å². The largest absolute Gasteiger partial charge is 0.494 e. The lowest BCUT2D eigenvalue weighted by Crippen LogP contribution is -2.45. The Labute approximate surface area is 163 Å². The lowest BCUT2D eigenvalue weighted by atomic mass is 9.88. The molecule has 1 fully saturated rings. The molecule has 2 aromatic rings. The second kappa shape index (κ2) is 9.25. The van der Waals surface area contributed by atoms with Crippen LogP contribution in [0.3, 0.4) is 0 Å². The van der Waals surface area contributed by atoms with Crippen molar-refractivity contribution >= 4 is 5.69 Å². The van der Waals surface area contributed by atoms with E-state index in [1.165, 1.54) is 5.56 Å². The van der Waals surface area contributed by atoms with E-state index < -0.39 is 5.60 Å². The molecule has 0 atom stereocenters. The summed E-state index contributed by atoms with van der Waals surface area (Å²) in [4.78, 5) is 4.66. The minimum absolute atomic E-state index is 0.549. The quantitative estimate of drug-likeness (QED) is 0.766. The van der Waals surface area contributed by atoms with Crippen molar-refractivity contribution in [3.8, 4) is 5.75 Å². The Morgan fingerprint density at radius 2 is 1.70 bits per heavy atom. The standard InChI is InChI=1S/C23H32N2O2/c1-3-27-22-11-9-21(10-12-22)24(2)16-13-23(26)14-17-25(18-15-23)19-20-7-5-4-6-8-20/h4-12,26H,3,13-19H2,1-2H3. The molecule has 1 saturated heterocycles. The van der Waals surface area contributed by atoms with E-state index in [0.717, 1.165) is 56.9 Å². The highest BCUT2D eigenvalue weighted by Gasteiger charge is 2.32. The first-order chi connectivity index (χ1) is 13.1. The summed E-state index contributed by atoms with van der Waals surface area (Å²) in [6, 6.07) is 18.8. The summed E-state index contributed by atoms with van der Waals surface area (Å²) >= 11 is 0. The van der Waals surface area contributed by atoms with Crippen LogP contribution in [-0.2, 0) is 6.54 Å². The van der Waals surface area contributed by atoms with Gasteiger partial charge in [0.2, 0.25) is 0 Å². The number of ether oxygens (including phenoxy) is 1. The Kier molecular flexibility index (Phi) is 6.75. The van der Waals surface area contributed by atoms with E-state index in [2.05, 4.69) is 59.3 Å². The van der Waals surface area contributed by atoms with Crippen LogP contribution in [0.4, 0.5) is 5.69 Å². The molecule has 3 rings (SSSR count). The third kappa shape index (κ3) is 5.72. The zero-order valence-electron chi connectivity index (χ0n) is 16.6. The van der Waals surface area contributed by atoms with Crippen LogP contribution in [0, 0.1) is 0 Å². The fraction of sp³-hybridized carbons (Fsp3) is 0.478. The monoisotopic (exact) mass is 368 g/mol. The molecule has 146 valence electrons. The molecule has 0 bridgehead atoms. The first-order valence-electron chi connectivity index (χ1n) is 10.0. The molecule has 1 aliphatic rings. The summed E-state index contributed by atoms with van der Waals surface area (Å²) in [5.41, 5.74) is 1.95. The van der Waals surface area contributed by atoms with Crippen LogP contribution in [-0.4, -0.2) is 48.9 Å². The number of benzene rings is 2. The fourth-order valence-electron chi connectivity index (χ4n) is 3.69. The maximum absolute atomic E-state index is 11.0. The van der Waals surface area contributed by atoms with E-state index in [1.54, 1.807) is 0 Å². The summed E-state index contributed by atoms with van der Waals surface area (Å²) in [6.45, 7) is 6.41. The van der Waals surface area contributed by atoms with Crippen molar-refractivity contribution in [2.75, 3.05) is 38.2 Å². The van der Waals surface area contributed by atoms with E-state index in [0.29, 0.717) is 6.61 Å². The number of hydrogen-bond donors (Lipinski definition) is 1. The van der Waals surface area contributed by atoms with Crippen molar-refractivity contribution in [3.05, 3.63) is 60.2 Å². The summed E-state index contributed by atoms with van der Waals surface area (Å²) in [5, 5.41) is 11.0. The van der Waals surface area contributed by atoms with Crippen molar-refractivity contribution in [2.24, 2.45) is 0 Å². The number of hydrogen-bond acceptors (Lipinski definition) is 4. The van der Waals surface area contributed by atoms with Crippen molar-refractivity contribution in [1.29, 1.82) is 0 Å². The molecule has 1 N–H and O–H groups in total. The zero-order chi connectivity index (χ0) is 19.1. The van der Waals surface area contributed by atoms with Gasteiger partial charge in [-0.05, 0) is 56.0 Å². The van der Waals surface area contributed by atoms with Gasteiger partial charge in [0.1, 0.15) is 5.75 Å². The average molecular weight is 369 g/mol. The summed E-state index contributed by atoms with van der Waals surface area (Å²) < 4.78 is 5.50. The van der Waals surface area contributed by atoms with Gasteiger partial charge in [-0.2, -0.15) is 0 Å². The van der Waals surface area contributed by atoms with E-state index in [-0.39, 0.29) is 0 Å². The minimum atomic E-state index is -0.549. The topological polar surface area (TPSA) is 35.9 Å². The summed E-state index contributed by atoms with van der Waals surface area (Å²) in [6.07, 6.45) is 2.49. The Bertz CT molecular complexity index is 679. The smallest absolute Gasteiger partial charge is 0.119 e. The summed E-state index contributed by atoms with van der Waals surface area (Å²) in [5.74, 6) is 0.902. The Hall–Kier alpha value is -2.04. The molecule has 1 aliphatic heterocycles. The number of piperidine rings is 1. The van der Waals surface area contributed by atoms with Gasteiger partial charge in [0, 0.05) is 38.9 Å². The maximum Gasteiger partial charge on any atom is 0.119 e. The van der Waals surface area contributed by atoms with E-state index in [4.69, 9.17) is 4.74 Å². The van der Waals surface area contributed by atoms with Crippen LogP contribution >= 0.6 is 0 Å². The van der Waals surface area contributed by atoms with Crippen LogP contribution in [0.1, 0.15) is 31.7 Å². The molecule has 1 heterocycles. The van der Waals surface area contributed by atoms with Crippen molar-refractivity contribution < 1.29 is 9.84 Å². The third-order valence-electron chi connectivity index (χ3n) is 5.54. The summed E-state index contributed by atoms with van der Waals surface area (Å²) in [7, 11) is 2.09. The molecule has 4 nitrogen and oxygen atoms in total. The average Bonchev–Trinajstić information content (AvgIpc) is 2.70. The van der Waals surface area contributed by atoms with Gasteiger partial charge in [-0.15, -0.1) is 0 Å². The Balaban J connectivity index is 1.45.